The van der Waals surface area contributed by atoms with Gasteiger partial charge in [-0.25, -0.2) is 4.39 Å². The summed E-state index contributed by atoms with van der Waals surface area (Å²) >= 11 is 1.27. The van der Waals surface area contributed by atoms with E-state index in [9.17, 15) is 18.8 Å². The third-order valence-electron chi connectivity index (χ3n) is 6.06. The fourth-order valence-corrected chi connectivity index (χ4v) is 4.90. The number of carbonyl (C=O) groups is 3. The minimum atomic E-state index is -1.04. The van der Waals surface area contributed by atoms with E-state index in [1.54, 1.807) is 41.8 Å². The molecule has 1 saturated carbocycles. The number of hydrogen-bond acceptors (Lipinski definition) is 5. The molecular weight excluding hydrogens is 469 g/mol. The van der Waals surface area contributed by atoms with E-state index in [0.717, 1.165) is 32.1 Å². The van der Waals surface area contributed by atoms with Crippen LogP contribution in [0.15, 0.2) is 64.6 Å². The fourth-order valence-electron chi connectivity index (χ4n) is 4.26. The van der Waals surface area contributed by atoms with Gasteiger partial charge >= 0.3 is 0 Å². The molecule has 7 nitrogen and oxygen atoms in total. The largest absolute Gasteiger partial charge is 0.467 e. The van der Waals surface area contributed by atoms with Gasteiger partial charge in [-0.05, 0) is 54.1 Å². The summed E-state index contributed by atoms with van der Waals surface area (Å²) in [5.74, 6) is -1.24. The molecule has 3 aromatic rings. The number of furan rings is 1. The highest BCUT2D eigenvalue weighted by Crippen LogP contribution is 2.26. The normalized spacial score (nSPS) is 14.8. The van der Waals surface area contributed by atoms with Crippen LogP contribution < -0.4 is 10.6 Å². The summed E-state index contributed by atoms with van der Waals surface area (Å²) in [4.78, 5) is 41.2. The predicted octanol–water partition coefficient (Wildman–Crippen LogP) is 4.43. The molecule has 35 heavy (non-hydrogen) atoms. The van der Waals surface area contributed by atoms with Crippen LogP contribution in [-0.4, -0.2) is 35.2 Å². The third-order valence-corrected chi connectivity index (χ3v) is 6.92. The number of rotatable bonds is 9. The molecule has 184 valence electrons. The number of amides is 3. The van der Waals surface area contributed by atoms with Gasteiger partial charge in [-0.1, -0.05) is 37.5 Å². The molecule has 1 fully saturated rings. The van der Waals surface area contributed by atoms with Gasteiger partial charge in [-0.15, -0.1) is 11.3 Å². The molecule has 0 saturated heterocycles. The molecule has 1 aromatic carbocycles. The Morgan fingerprint density at radius 2 is 1.83 bits per heavy atom. The van der Waals surface area contributed by atoms with Gasteiger partial charge in [0.25, 0.3) is 11.8 Å². The molecule has 4 rings (SSSR count). The molecule has 3 amide bonds. The van der Waals surface area contributed by atoms with Crippen molar-refractivity contribution in [3.63, 3.8) is 0 Å². The highest BCUT2D eigenvalue weighted by atomic mass is 32.1. The monoisotopic (exact) mass is 497 g/mol. The van der Waals surface area contributed by atoms with E-state index in [-0.39, 0.29) is 30.9 Å². The van der Waals surface area contributed by atoms with Gasteiger partial charge in [0.2, 0.25) is 5.91 Å². The topological polar surface area (TPSA) is 91.7 Å². The van der Waals surface area contributed by atoms with Crippen molar-refractivity contribution in [3.8, 4) is 0 Å². The summed E-state index contributed by atoms with van der Waals surface area (Å²) in [6.07, 6.45) is 6.47. The Kier molecular flexibility index (Phi) is 8.31. The molecule has 9 heteroatoms. The van der Waals surface area contributed by atoms with E-state index in [4.69, 9.17) is 4.42 Å². The van der Waals surface area contributed by atoms with Crippen molar-refractivity contribution in [2.24, 2.45) is 0 Å². The highest BCUT2D eigenvalue weighted by Gasteiger charge is 2.35. The van der Waals surface area contributed by atoms with Crippen molar-refractivity contribution in [2.75, 3.05) is 6.54 Å². The lowest BCUT2D eigenvalue weighted by atomic mass is 9.95. The van der Waals surface area contributed by atoms with E-state index < -0.39 is 17.8 Å². The molecule has 0 unspecified atom stereocenters. The summed E-state index contributed by atoms with van der Waals surface area (Å²) in [5.41, 5.74) is 0.645. The summed E-state index contributed by atoms with van der Waals surface area (Å²) in [7, 11) is 0. The zero-order valence-corrected chi connectivity index (χ0v) is 20.1. The van der Waals surface area contributed by atoms with Crippen LogP contribution in [0.2, 0.25) is 0 Å². The first kappa shape index (κ1) is 24.7. The van der Waals surface area contributed by atoms with Crippen LogP contribution in [0.3, 0.4) is 0 Å². The Hall–Kier alpha value is -3.46. The number of thiophene rings is 1. The molecular formula is C26H28FN3O4S. The SMILES string of the molecule is O=C(NCC(=O)N(Cc1ccc(F)cc1)[C@H](C(=O)NC1CCCCC1)c1ccco1)c1cccs1. The van der Waals surface area contributed by atoms with Gasteiger partial charge in [-0.3, -0.25) is 14.4 Å². The first-order valence-electron chi connectivity index (χ1n) is 11.7. The molecule has 2 N–H and O–H groups in total. The minimum Gasteiger partial charge on any atom is -0.467 e. The quantitative estimate of drug-likeness (QED) is 0.458. The number of benzene rings is 1. The molecule has 0 bridgehead atoms. The summed E-state index contributed by atoms with van der Waals surface area (Å²) in [6, 6.07) is 11.5. The molecule has 0 aliphatic heterocycles. The van der Waals surface area contributed by atoms with Crippen molar-refractivity contribution in [3.05, 3.63) is 82.2 Å². The van der Waals surface area contributed by atoms with Gasteiger partial charge in [0.1, 0.15) is 11.6 Å². The number of hydrogen-bond donors (Lipinski definition) is 2. The lowest BCUT2D eigenvalue weighted by Gasteiger charge is -2.32. The van der Waals surface area contributed by atoms with E-state index >= 15 is 0 Å². The second kappa shape index (κ2) is 11.8. The van der Waals surface area contributed by atoms with E-state index in [0.29, 0.717) is 16.2 Å². The Balaban J connectivity index is 1.58. The third kappa shape index (κ3) is 6.57. The maximum Gasteiger partial charge on any atom is 0.261 e. The van der Waals surface area contributed by atoms with Crippen molar-refractivity contribution in [1.29, 1.82) is 0 Å². The maximum absolute atomic E-state index is 13.5. The van der Waals surface area contributed by atoms with Crippen LogP contribution in [-0.2, 0) is 16.1 Å². The number of halogens is 1. The Morgan fingerprint density at radius 1 is 1.06 bits per heavy atom. The lowest BCUT2D eigenvalue weighted by Crippen LogP contribution is -2.49. The van der Waals surface area contributed by atoms with Crippen LogP contribution in [0.5, 0.6) is 0 Å². The van der Waals surface area contributed by atoms with Crippen molar-refractivity contribution >= 4 is 29.1 Å². The fraction of sp³-hybridized carbons (Fsp3) is 0.346. The average Bonchev–Trinajstić information content (AvgIpc) is 3.59. The van der Waals surface area contributed by atoms with Gasteiger partial charge in [0, 0.05) is 12.6 Å². The molecule has 0 radical (unpaired) electrons. The Bertz CT molecular complexity index is 1110. The van der Waals surface area contributed by atoms with Crippen molar-refractivity contribution in [1.82, 2.24) is 15.5 Å². The van der Waals surface area contributed by atoms with Crippen LogP contribution in [0.4, 0.5) is 4.39 Å². The zero-order valence-electron chi connectivity index (χ0n) is 19.2. The van der Waals surface area contributed by atoms with Crippen LogP contribution in [0.25, 0.3) is 0 Å². The summed E-state index contributed by atoms with van der Waals surface area (Å²) in [6.45, 7) is -0.261. The number of nitrogens with zero attached hydrogens (tertiary/aromatic N) is 1. The molecule has 2 heterocycles. The lowest BCUT2D eigenvalue weighted by molar-refractivity contribution is -0.142. The van der Waals surface area contributed by atoms with Crippen LogP contribution >= 0.6 is 11.3 Å². The first-order valence-corrected chi connectivity index (χ1v) is 12.6. The predicted molar refractivity (Wildman–Crippen MR) is 130 cm³/mol. The molecule has 1 aliphatic carbocycles. The van der Waals surface area contributed by atoms with Gasteiger partial charge in [-0.2, -0.15) is 0 Å². The molecule has 1 atom stereocenters. The Morgan fingerprint density at radius 3 is 2.49 bits per heavy atom. The highest BCUT2D eigenvalue weighted by molar-refractivity contribution is 7.12. The maximum atomic E-state index is 13.5. The van der Waals surface area contributed by atoms with Gasteiger partial charge < -0.3 is 20.0 Å². The van der Waals surface area contributed by atoms with E-state index in [1.807, 2.05) is 0 Å². The molecule has 1 aliphatic rings. The Labute approximate surface area is 207 Å². The van der Waals surface area contributed by atoms with E-state index in [2.05, 4.69) is 10.6 Å². The first-order chi connectivity index (χ1) is 17.0. The smallest absolute Gasteiger partial charge is 0.261 e. The van der Waals surface area contributed by atoms with Gasteiger partial charge in [0.15, 0.2) is 6.04 Å². The average molecular weight is 498 g/mol. The van der Waals surface area contributed by atoms with Crippen molar-refractivity contribution in [2.45, 2.75) is 50.7 Å². The van der Waals surface area contributed by atoms with Crippen molar-refractivity contribution < 1.29 is 23.2 Å². The summed E-state index contributed by atoms with van der Waals surface area (Å²) < 4.78 is 19.1. The number of nitrogens with one attached hydrogen (secondary N) is 2. The zero-order chi connectivity index (χ0) is 24.6. The van der Waals surface area contributed by atoms with E-state index in [1.165, 1.54) is 34.6 Å². The second-order valence-electron chi connectivity index (χ2n) is 8.57. The second-order valence-corrected chi connectivity index (χ2v) is 9.52. The van der Waals surface area contributed by atoms with Crippen LogP contribution in [0, 0.1) is 5.82 Å². The molecule has 0 spiro atoms. The molecule has 2 aromatic heterocycles. The minimum absolute atomic E-state index is 0.0371. The summed E-state index contributed by atoms with van der Waals surface area (Å²) in [5, 5.41) is 7.50. The van der Waals surface area contributed by atoms with Gasteiger partial charge in [0.05, 0.1) is 17.7 Å². The number of carbonyl (C=O) groups excluding carboxylic acids is 3. The van der Waals surface area contributed by atoms with Crippen LogP contribution in [0.1, 0.15) is 59.1 Å². The standard InChI is InChI=1S/C26H28FN3O4S/c27-19-12-10-18(11-13-19)17-30(23(31)16-28-25(32)22-9-5-15-35-22)24(21-8-4-14-34-21)26(33)29-20-6-2-1-3-7-20/h4-5,8-15,20,24H,1-3,6-7,16-17H2,(H,28,32)(H,29,33)/t24-/m0/s1.